The van der Waals surface area contributed by atoms with Gasteiger partial charge in [0.15, 0.2) is 5.82 Å². The fourth-order valence-corrected chi connectivity index (χ4v) is 0.861. The highest BCUT2D eigenvalue weighted by Gasteiger charge is 1.98. The summed E-state index contributed by atoms with van der Waals surface area (Å²) in [7, 11) is 0. The van der Waals surface area contributed by atoms with Gasteiger partial charge in [-0.15, -0.1) is 0 Å². The molecule has 58 valence electrons. The zero-order valence-electron chi connectivity index (χ0n) is 6.40. The molecular weight excluding hydrogens is 170 g/mol. The summed E-state index contributed by atoms with van der Waals surface area (Å²) in [5.41, 5.74) is 1.20. The van der Waals surface area contributed by atoms with Crippen molar-refractivity contribution in [1.29, 1.82) is 0 Å². The Labute approximate surface area is 75.6 Å². The van der Waals surface area contributed by atoms with E-state index in [0.29, 0.717) is 17.2 Å². The van der Waals surface area contributed by atoms with E-state index in [2.05, 4.69) is 32.2 Å². The number of hydrogen-bond acceptors (Lipinski definition) is 3. The Morgan fingerprint density at radius 2 is 2.42 bits per heavy atom. The maximum Gasteiger partial charge on any atom is 0.208 e. The summed E-state index contributed by atoms with van der Waals surface area (Å²) >= 11 is 4.42. The van der Waals surface area contributed by atoms with E-state index >= 15 is 0 Å². The van der Waals surface area contributed by atoms with Gasteiger partial charge in [0.2, 0.25) is 5.69 Å². The third kappa shape index (κ3) is 1.73. The van der Waals surface area contributed by atoms with E-state index in [1.165, 1.54) is 0 Å². The molecule has 3 nitrogen and oxygen atoms in total. The first-order valence-corrected chi connectivity index (χ1v) is 3.61. The average Bonchev–Trinajstić information content (AvgIpc) is 2.05. The van der Waals surface area contributed by atoms with Crippen molar-refractivity contribution in [2.45, 2.75) is 6.92 Å². The second kappa shape index (κ2) is 3.72. The van der Waals surface area contributed by atoms with Crippen molar-refractivity contribution in [3.8, 4) is 0 Å². The van der Waals surface area contributed by atoms with Crippen molar-refractivity contribution in [2.24, 2.45) is 4.99 Å². The zero-order chi connectivity index (χ0) is 8.97. The number of hydrogen-bond donors (Lipinski definition) is 0. The van der Waals surface area contributed by atoms with Gasteiger partial charge >= 0.3 is 0 Å². The Balaban J connectivity index is 3.20. The summed E-state index contributed by atoms with van der Waals surface area (Å²) in [6, 6.07) is 3.31. The predicted octanol–water partition coefficient (Wildman–Crippen LogP) is 2.68. The molecule has 1 rings (SSSR count). The van der Waals surface area contributed by atoms with Gasteiger partial charge in [0.1, 0.15) is 0 Å². The first-order valence-electron chi connectivity index (χ1n) is 3.21. The van der Waals surface area contributed by atoms with E-state index in [0.717, 1.165) is 0 Å². The Morgan fingerprint density at radius 1 is 1.67 bits per heavy atom. The summed E-state index contributed by atoms with van der Waals surface area (Å²) < 4.78 is 0. The fourth-order valence-electron chi connectivity index (χ4n) is 0.768. The van der Waals surface area contributed by atoms with Gasteiger partial charge in [-0.1, -0.05) is 6.07 Å². The van der Waals surface area contributed by atoms with Gasteiger partial charge in [-0.25, -0.2) is 9.83 Å². The topological polar surface area (TPSA) is 29.6 Å². The molecule has 1 aromatic rings. The molecule has 0 aliphatic carbocycles. The summed E-state index contributed by atoms with van der Waals surface area (Å²) in [5, 5.41) is 2.22. The molecule has 0 aliphatic rings. The van der Waals surface area contributed by atoms with Crippen LogP contribution in [0.5, 0.6) is 0 Å². The average molecular weight is 175 g/mol. The minimum atomic E-state index is 0.495. The second-order valence-electron chi connectivity index (χ2n) is 2.09. The first kappa shape index (κ1) is 8.54. The molecule has 0 bridgehead atoms. The lowest BCUT2D eigenvalue weighted by molar-refractivity contribution is 1.19. The molecule has 12 heavy (non-hydrogen) atoms. The summed E-state index contributed by atoms with van der Waals surface area (Å²) in [5.74, 6) is 0.495. The molecule has 0 aromatic carbocycles. The van der Waals surface area contributed by atoms with Gasteiger partial charge in [-0.2, -0.15) is 4.99 Å². The van der Waals surface area contributed by atoms with Crippen LogP contribution in [0, 0.1) is 13.5 Å². The highest BCUT2D eigenvalue weighted by Crippen LogP contribution is 2.19. The van der Waals surface area contributed by atoms with Gasteiger partial charge in [0.05, 0.1) is 11.7 Å². The number of aryl methyl sites for hydroxylation is 1. The summed E-state index contributed by atoms with van der Waals surface area (Å²) in [4.78, 5) is 11.0. The largest absolute Gasteiger partial charge is 0.245 e. The fraction of sp³-hybridized carbons (Fsp3) is 0.125. The van der Waals surface area contributed by atoms with E-state index in [-0.39, 0.29) is 0 Å². The van der Waals surface area contributed by atoms with E-state index in [4.69, 9.17) is 6.57 Å². The van der Waals surface area contributed by atoms with Gasteiger partial charge in [0, 0.05) is 5.69 Å². The molecule has 1 heterocycles. The summed E-state index contributed by atoms with van der Waals surface area (Å²) in [6.45, 7) is 8.53. The quantitative estimate of drug-likeness (QED) is 0.373. The van der Waals surface area contributed by atoms with Crippen molar-refractivity contribution in [1.82, 2.24) is 4.98 Å². The smallest absolute Gasteiger partial charge is 0.208 e. The lowest BCUT2D eigenvalue weighted by atomic mass is 10.3. The van der Waals surface area contributed by atoms with Crippen LogP contribution in [0.2, 0.25) is 0 Å². The third-order valence-corrected chi connectivity index (χ3v) is 1.42. The van der Waals surface area contributed by atoms with Gasteiger partial charge in [-0.3, -0.25) is 0 Å². The highest BCUT2D eigenvalue weighted by molar-refractivity contribution is 7.78. The van der Waals surface area contributed by atoms with Gasteiger partial charge in [0.25, 0.3) is 0 Å². The number of nitrogens with zero attached hydrogens (tertiary/aromatic N) is 3. The Bertz CT molecular complexity index is 386. The van der Waals surface area contributed by atoms with Crippen molar-refractivity contribution in [2.75, 3.05) is 0 Å². The van der Waals surface area contributed by atoms with Crippen LogP contribution in [0.15, 0.2) is 17.1 Å². The van der Waals surface area contributed by atoms with E-state index in [1.54, 1.807) is 19.1 Å². The number of rotatable bonds is 1. The van der Waals surface area contributed by atoms with Crippen LogP contribution in [0.4, 0.5) is 11.5 Å². The van der Waals surface area contributed by atoms with E-state index in [9.17, 15) is 0 Å². The molecule has 0 aliphatic heterocycles. The molecule has 0 fully saturated rings. The van der Waals surface area contributed by atoms with Crippen LogP contribution >= 0.6 is 12.2 Å². The van der Waals surface area contributed by atoms with Crippen molar-refractivity contribution in [3.05, 3.63) is 29.2 Å². The van der Waals surface area contributed by atoms with Crippen molar-refractivity contribution in [3.63, 3.8) is 0 Å². The van der Waals surface area contributed by atoms with Crippen LogP contribution in [0.25, 0.3) is 4.85 Å². The normalized spacial score (nSPS) is 8.33. The number of thiocarbonyl (C=S) groups is 1. The Hall–Kier alpha value is -1.56. The Kier molecular flexibility index (Phi) is 2.65. The van der Waals surface area contributed by atoms with Crippen molar-refractivity contribution < 1.29 is 0 Å². The molecule has 0 spiro atoms. The van der Waals surface area contributed by atoms with E-state index < -0.39 is 0 Å². The molecular formula is C8H5N3S. The van der Waals surface area contributed by atoms with Crippen LogP contribution in [0.1, 0.15) is 5.69 Å². The summed E-state index contributed by atoms with van der Waals surface area (Å²) in [6.07, 6.45) is 0. The molecule has 0 amide bonds. The van der Waals surface area contributed by atoms with Gasteiger partial charge in [-0.05, 0) is 25.2 Å². The van der Waals surface area contributed by atoms with Crippen LogP contribution in [0.3, 0.4) is 0 Å². The minimum Gasteiger partial charge on any atom is -0.245 e. The molecule has 0 radical (unpaired) electrons. The molecule has 1 aromatic heterocycles. The number of aliphatic imine (C=N–C) groups is 1. The molecule has 0 atom stereocenters. The zero-order valence-corrected chi connectivity index (χ0v) is 7.22. The van der Waals surface area contributed by atoms with Crippen molar-refractivity contribution >= 4 is 28.9 Å². The third-order valence-electron chi connectivity index (χ3n) is 1.32. The maximum absolute atomic E-state index is 6.78. The van der Waals surface area contributed by atoms with Gasteiger partial charge < -0.3 is 0 Å². The van der Waals surface area contributed by atoms with E-state index in [1.807, 2.05) is 0 Å². The number of aromatic nitrogens is 1. The minimum absolute atomic E-state index is 0.495. The molecule has 4 heteroatoms. The standard InChI is InChI=1S/C8H5N3S/c1-6-7(9-2)3-4-8(11-6)10-5-12/h3-4H,1H3. The predicted molar refractivity (Wildman–Crippen MR) is 49.9 cm³/mol. The number of isothiocyanates is 1. The highest BCUT2D eigenvalue weighted by atomic mass is 32.1. The molecule has 0 saturated carbocycles. The molecule has 0 saturated heterocycles. The monoisotopic (exact) mass is 175 g/mol. The Morgan fingerprint density at radius 3 is 2.92 bits per heavy atom. The van der Waals surface area contributed by atoms with Crippen LogP contribution in [-0.2, 0) is 0 Å². The lowest BCUT2D eigenvalue weighted by Crippen LogP contribution is -1.79. The maximum atomic E-state index is 6.78. The first-order chi connectivity index (χ1) is 5.77. The SMILES string of the molecule is [C-]#[N+]c1ccc(N=C=S)nc1C. The molecule has 0 unspecified atom stereocenters. The molecule has 0 N–H and O–H groups in total. The van der Waals surface area contributed by atoms with Crippen LogP contribution in [-0.4, -0.2) is 10.1 Å². The second-order valence-corrected chi connectivity index (χ2v) is 2.27. The number of pyridine rings is 1. The lowest BCUT2D eigenvalue weighted by Gasteiger charge is -1.95. The van der Waals surface area contributed by atoms with Crippen LogP contribution < -0.4 is 0 Å².